The first-order valence-electron chi connectivity index (χ1n) is 6.72. The number of pyridine rings is 1. The van der Waals surface area contributed by atoms with Gasteiger partial charge in [0.05, 0.1) is 11.9 Å². The molecule has 4 heteroatoms. The Morgan fingerprint density at radius 1 is 1.22 bits per heavy atom. The quantitative estimate of drug-likeness (QED) is 0.750. The summed E-state index contributed by atoms with van der Waals surface area (Å²) in [6, 6.07) is 6.62. The first kappa shape index (κ1) is 11.5. The molecule has 0 saturated carbocycles. The number of anilines is 1. The van der Waals surface area contributed by atoms with E-state index in [1.165, 1.54) is 32.4 Å². The highest BCUT2D eigenvalue weighted by Gasteiger charge is 2.28. The molecule has 4 nitrogen and oxygen atoms in total. The Labute approximate surface area is 108 Å². The molecule has 94 valence electrons. The largest absolute Gasteiger partial charge is 0.369 e. The zero-order chi connectivity index (χ0) is 12.4. The van der Waals surface area contributed by atoms with Crippen LogP contribution in [0.3, 0.4) is 0 Å². The van der Waals surface area contributed by atoms with Crippen LogP contribution < -0.4 is 4.90 Å². The summed E-state index contributed by atoms with van der Waals surface area (Å²) in [6.45, 7) is 4.70. The van der Waals surface area contributed by atoms with Crippen molar-refractivity contribution in [1.29, 1.82) is 5.26 Å². The zero-order valence-corrected chi connectivity index (χ0v) is 10.5. The number of rotatable bonds is 1. The van der Waals surface area contributed by atoms with Crippen LogP contribution in [0.1, 0.15) is 25.0 Å². The first-order chi connectivity index (χ1) is 8.86. The Morgan fingerprint density at radius 2 is 2.11 bits per heavy atom. The number of hydrogen-bond acceptors (Lipinski definition) is 4. The van der Waals surface area contributed by atoms with Crippen LogP contribution in [0.5, 0.6) is 0 Å². The van der Waals surface area contributed by atoms with Crippen LogP contribution in [-0.2, 0) is 0 Å². The van der Waals surface area contributed by atoms with Gasteiger partial charge in [0.25, 0.3) is 0 Å². The minimum atomic E-state index is 0.496. The molecule has 0 amide bonds. The van der Waals surface area contributed by atoms with E-state index in [4.69, 9.17) is 5.26 Å². The van der Waals surface area contributed by atoms with Crippen molar-refractivity contribution < 1.29 is 0 Å². The average Bonchev–Trinajstić information content (AvgIpc) is 2.76. The molecule has 0 N–H and O–H groups in total. The molecule has 18 heavy (non-hydrogen) atoms. The zero-order valence-electron chi connectivity index (χ0n) is 10.5. The Bertz CT molecular complexity index is 448. The van der Waals surface area contributed by atoms with E-state index >= 15 is 0 Å². The molecular formula is C14H18N4. The second-order valence-electron chi connectivity index (χ2n) is 5.15. The van der Waals surface area contributed by atoms with Crippen LogP contribution in [0, 0.1) is 11.3 Å². The van der Waals surface area contributed by atoms with Crippen molar-refractivity contribution >= 4 is 5.69 Å². The predicted molar refractivity (Wildman–Crippen MR) is 70.4 cm³/mol. The summed E-state index contributed by atoms with van der Waals surface area (Å²) in [6.07, 6.45) is 5.71. The van der Waals surface area contributed by atoms with Crippen LogP contribution >= 0.6 is 0 Å². The third kappa shape index (κ3) is 2.19. The van der Waals surface area contributed by atoms with Gasteiger partial charge >= 0.3 is 0 Å². The predicted octanol–water partition coefficient (Wildman–Crippen LogP) is 1.63. The summed E-state index contributed by atoms with van der Waals surface area (Å²) in [4.78, 5) is 9.21. The highest BCUT2D eigenvalue weighted by Crippen LogP contribution is 2.24. The molecule has 1 aromatic heterocycles. The number of nitrogens with zero attached hydrogens (tertiary/aromatic N) is 4. The molecule has 1 unspecified atom stereocenters. The highest BCUT2D eigenvalue weighted by molar-refractivity contribution is 5.46. The van der Waals surface area contributed by atoms with Crippen molar-refractivity contribution in [2.24, 2.45) is 0 Å². The minimum Gasteiger partial charge on any atom is -0.369 e. The fraction of sp³-hybridized carbons (Fsp3) is 0.571. The second-order valence-corrected chi connectivity index (χ2v) is 5.15. The number of nitriles is 1. The lowest BCUT2D eigenvalue weighted by atomic mass is 10.2. The van der Waals surface area contributed by atoms with Gasteiger partial charge in [0, 0.05) is 25.7 Å². The van der Waals surface area contributed by atoms with Crippen LogP contribution in [0.15, 0.2) is 18.3 Å². The van der Waals surface area contributed by atoms with Gasteiger partial charge in [-0.3, -0.25) is 4.90 Å². The molecule has 1 atom stereocenters. The van der Waals surface area contributed by atoms with E-state index in [1.807, 2.05) is 18.3 Å². The van der Waals surface area contributed by atoms with E-state index in [1.54, 1.807) is 0 Å². The van der Waals surface area contributed by atoms with Crippen molar-refractivity contribution in [1.82, 2.24) is 9.88 Å². The van der Waals surface area contributed by atoms with Crippen molar-refractivity contribution in [3.63, 3.8) is 0 Å². The maximum absolute atomic E-state index is 8.77. The van der Waals surface area contributed by atoms with Crippen molar-refractivity contribution in [3.8, 4) is 6.07 Å². The highest BCUT2D eigenvalue weighted by atomic mass is 15.3. The molecule has 0 aliphatic carbocycles. The second kappa shape index (κ2) is 4.95. The smallest absolute Gasteiger partial charge is 0.140 e. The third-order valence-corrected chi connectivity index (χ3v) is 4.03. The Morgan fingerprint density at radius 3 is 2.89 bits per heavy atom. The Balaban J connectivity index is 1.76. The fourth-order valence-corrected chi connectivity index (χ4v) is 3.08. The SMILES string of the molecule is N#Cc1ccc(N2CCCN3CCCC3C2)cn1. The van der Waals surface area contributed by atoms with E-state index in [9.17, 15) is 0 Å². The number of fused-ring (bicyclic) bond motifs is 1. The summed E-state index contributed by atoms with van der Waals surface area (Å²) in [5.41, 5.74) is 1.65. The van der Waals surface area contributed by atoms with Gasteiger partial charge in [-0.15, -0.1) is 0 Å². The Kier molecular flexibility index (Phi) is 3.16. The van der Waals surface area contributed by atoms with Gasteiger partial charge in [-0.05, 0) is 37.9 Å². The molecule has 2 aliphatic rings. The maximum Gasteiger partial charge on any atom is 0.140 e. The number of aromatic nitrogens is 1. The molecule has 3 rings (SSSR count). The lowest BCUT2D eigenvalue weighted by molar-refractivity contribution is 0.273. The van der Waals surface area contributed by atoms with Gasteiger partial charge in [0.2, 0.25) is 0 Å². The molecule has 0 aromatic carbocycles. The van der Waals surface area contributed by atoms with E-state index in [2.05, 4.69) is 20.9 Å². The average molecular weight is 242 g/mol. The normalized spacial score (nSPS) is 24.4. The van der Waals surface area contributed by atoms with Crippen molar-refractivity contribution in [2.75, 3.05) is 31.1 Å². The van der Waals surface area contributed by atoms with Gasteiger partial charge in [0.1, 0.15) is 11.8 Å². The monoisotopic (exact) mass is 242 g/mol. The standard InChI is InChI=1S/C14H18N4/c15-9-12-4-5-13(10-16-12)18-8-2-7-17-6-1-3-14(17)11-18/h4-5,10,14H,1-3,6-8,11H2. The van der Waals surface area contributed by atoms with Gasteiger partial charge in [-0.25, -0.2) is 4.98 Å². The molecule has 0 spiro atoms. The molecule has 2 saturated heterocycles. The molecule has 3 heterocycles. The van der Waals surface area contributed by atoms with E-state index in [-0.39, 0.29) is 0 Å². The molecule has 0 bridgehead atoms. The minimum absolute atomic E-state index is 0.496. The molecule has 2 aliphatic heterocycles. The van der Waals surface area contributed by atoms with E-state index in [0.717, 1.165) is 18.8 Å². The first-order valence-corrected chi connectivity index (χ1v) is 6.72. The van der Waals surface area contributed by atoms with Gasteiger partial charge in [-0.1, -0.05) is 0 Å². The Hall–Kier alpha value is -1.60. The fourth-order valence-electron chi connectivity index (χ4n) is 3.08. The molecule has 2 fully saturated rings. The summed E-state index contributed by atoms with van der Waals surface area (Å²) >= 11 is 0. The van der Waals surface area contributed by atoms with Crippen LogP contribution in [0.2, 0.25) is 0 Å². The summed E-state index contributed by atoms with van der Waals surface area (Å²) in [5.74, 6) is 0. The summed E-state index contributed by atoms with van der Waals surface area (Å²) in [5, 5.41) is 8.77. The van der Waals surface area contributed by atoms with Gasteiger partial charge in [0.15, 0.2) is 0 Å². The van der Waals surface area contributed by atoms with Crippen LogP contribution in [0.25, 0.3) is 0 Å². The van der Waals surface area contributed by atoms with Gasteiger partial charge < -0.3 is 4.90 Å². The van der Waals surface area contributed by atoms with Crippen molar-refractivity contribution in [3.05, 3.63) is 24.0 Å². The summed E-state index contributed by atoms with van der Waals surface area (Å²) < 4.78 is 0. The lowest BCUT2D eigenvalue weighted by Crippen LogP contribution is -2.36. The third-order valence-electron chi connectivity index (χ3n) is 4.03. The number of hydrogen-bond donors (Lipinski definition) is 0. The molecular weight excluding hydrogens is 224 g/mol. The van der Waals surface area contributed by atoms with E-state index in [0.29, 0.717) is 11.7 Å². The van der Waals surface area contributed by atoms with Gasteiger partial charge in [-0.2, -0.15) is 5.26 Å². The van der Waals surface area contributed by atoms with Crippen LogP contribution in [-0.4, -0.2) is 42.1 Å². The molecule has 0 radical (unpaired) electrons. The van der Waals surface area contributed by atoms with Crippen LogP contribution in [0.4, 0.5) is 5.69 Å². The maximum atomic E-state index is 8.77. The topological polar surface area (TPSA) is 43.2 Å². The molecule has 1 aromatic rings. The summed E-state index contributed by atoms with van der Waals surface area (Å²) in [7, 11) is 0. The lowest BCUT2D eigenvalue weighted by Gasteiger charge is -2.27. The van der Waals surface area contributed by atoms with Crippen molar-refractivity contribution in [2.45, 2.75) is 25.3 Å². The van der Waals surface area contributed by atoms with E-state index < -0.39 is 0 Å².